The molecule has 0 spiro atoms. The molecule has 5 nitrogen and oxygen atoms in total. The Morgan fingerprint density at radius 3 is 2.33 bits per heavy atom. The monoisotopic (exact) mass is 255 g/mol. The Hall–Kier alpha value is -1.28. The zero-order chi connectivity index (χ0) is 14.3. The van der Waals surface area contributed by atoms with Crippen LogP contribution in [0.15, 0.2) is 0 Å². The Bertz CT molecular complexity index is 304. The second-order valence-electron chi connectivity index (χ2n) is 5.52. The summed E-state index contributed by atoms with van der Waals surface area (Å²) in [6, 6.07) is 1.66. The van der Waals surface area contributed by atoms with Gasteiger partial charge in [-0.3, -0.25) is 5.32 Å². The number of hydrogen-bond donors (Lipinski definition) is 2. The van der Waals surface area contributed by atoms with Crippen molar-refractivity contribution in [3.8, 4) is 6.07 Å². The van der Waals surface area contributed by atoms with E-state index in [9.17, 15) is 4.79 Å². The quantitative estimate of drug-likeness (QED) is 0.789. The van der Waals surface area contributed by atoms with Gasteiger partial charge < -0.3 is 10.1 Å². The van der Waals surface area contributed by atoms with Crippen LogP contribution in [0.1, 0.15) is 48.0 Å². The number of hydrogen-bond acceptors (Lipinski definition) is 4. The van der Waals surface area contributed by atoms with E-state index in [0.29, 0.717) is 0 Å². The fraction of sp³-hybridized carbons (Fsp3) is 0.846. The lowest BCUT2D eigenvalue weighted by atomic mass is 10.1. The van der Waals surface area contributed by atoms with Crippen LogP contribution in [0.2, 0.25) is 0 Å². The fourth-order valence-electron chi connectivity index (χ4n) is 1.29. The van der Waals surface area contributed by atoms with Crippen LogP contribution in [0.5, 0.6) is 0 Å². The number of ether oxygens (including phenoxy) is 1. The third-order valence-electron chi connectivity index (χ3n) is 2.46. The Morgan fingerprint density at radius 1 is 1.39 bits per heavy atom. The Morgan fingerprint density at radius 2 is 1.94 bits per heavy atom. The molecule has 0 saturated carbocycles. The molecule has 0 aromatic rings. The third kappa shape index (κ3) is 7.13. The highest BCUT2D eigenvalue weighted by molar-refractivity contribution is 5.68. The van der Waals surface area contributed by atoms with Gasteiger partial charge in [0.15, 0.2) is 0 Å². The molecule has 0 bridgehead atoms. The molecule has 1 amide bonds. The topological polar surface area (TPSA) is 74.2 Å². The maximum Gasteiger partial charge on any atom is 0.407 e. The van der Waals surface area contributed by atoms with Gasteiger partial charge in [-0.25, -0.2) is 4.79 Å². The number of carbonyl (C=O) groups is 1. The number of amides is 1. The van der Waals surface area contributed by atoms with Crippen molar-refractivity contribution < 1.29 is 9.53 Å². The van der Waals surface area contributed by atoms with Gasteiger partial charge in [0.1, 0.15) is 11.6 Å². The number of nitrogens with one attached hydrogen (secondary N) is 2. The van der Waals surface area contributed by atoms with Crippen molar-refractivity contribution >= 4 is 6.09 Å². The van der Waals surface area contributed by atoms with Crippen molar-refractivity contribution in [2.45, 2.75) is 71.7 Å². The molecule has 3 unspecified atom stereocenters. The summed E-state index contributed by atoms with van der Waals surface area (Å²) >= 11 is 0. The second kappa shape index (κ2) is 7.22. The van der Waals surface area contributed by atoms with Crippen LogP contribution in [0.3, 0.4) is 0 Å². The highest BCUT2D eigenvalue weighted by atomic mass is 16.6. The van der Waals surface area contributed by atoms with E-state index < -0.39 is 17.7 Å². The highest BCUT2D eigenvalue weighted by Crippen LogP contribution is 2.07. The summed E-state index contributed by atoms with van der Waals surface area (Å²) in [6.45, 7) is 11.2. The van der Waals surface area contributed by atoms with Crippen molar-refractivity contribution in [1.29, 1.82) is 5.26 Å². The van der Waals surface area contributed by atoms with E-state index in [1.807, 2.05) is 13.8 Å². The molecule has 5 heteroatoms. The molecule has 0 heterocycles. The summed E-state index contributed by atoms with van der Waals surface area (Å²) in [5.41, 5.74) is -0.532. The summed E-state index contributed by atoms with van der Waals surface area (Å²) in [7, 11) is 0. The van der Waals surface area contributed by atoms with Gasteiger partial charge in [0.25, 0.3) is 0 Å². The Labute approximate surface area is 110 Å². The van der Waals surface area contributed by atoms with Gasteiger partial charge in [-0.05, 0) is 41.0 Å². The fourth-order valence-corrected chi connectivity index (χ4v) is 1.29. The Balaban J connectivity index is 4.32. The molecule has 0 saturated heterocycles. The van der Waals surface area contributed by atoms with E-state index in [2.05, 4.69) is 16.7 Å². The van der Waals surface area contributed by atoms with Crippen LogP contribution in [0.25, 0.3) is 0 Å². The standard InChI is InChI=1S/C13H25N3O2/c1-7-9(2)15-11(8-14)10(3)16-12(17)18-13(4,5)6/h9-11,15H,7H2,1-6H3,(H,16,17). The van der Waals surface area contributed by atoms with E-state index in [1.165, 1.54) is 0 Å². The zero-order valence-corrected chi connectivity index (χ0v) is 12.2. The normalized spacial score (nSPS) is 16.3. The van der Waals surface area contributed by atoms with Crippen LogP contribution in [0, 0.1) is 11.3 Å². The smallest absolute Gasteiger partial charge is 0.407 e. The third-order valence-corrected chi connectivity index (χ3v) is 2.46. The molecule has 3 atom stereocenters. The minimum Gasteiger partial charge on any atom is -0.444 e. The molecule has 0 aliphatic rings. The van der Waals surface area contributed by atoms with Crippen LogP contribution in [0.4, 0.5) is 4.79 Å². The van der Waals surface area contributed by atoms with Crippen molar-refractivity contribution in [3.05, 3.63) is 0 Å². The van der Waals surface area contributed by atoms with Crippen LogP contribution >= 0.6 is 0 Å². The summed E-state index contributed by atoms with van der Waals surface area (Å²) in [5.74, 6) is 0. The van der Waals surface area contributed by atoms with Gasteiger partial charge in [0.2, 0.25) is 0 Å². The molecule has 0 radical (unpaired) electrons. The largest absolute Gasteiger partial charge is 0.444 e. The number of nitrogens with zero attached hydrogens (tertiary/aromatic N) is 1. The molecule has 0 rings (SSSR count). The lowest BCUT2D eigenvalue weighted by Gasteiger charge is -2.25. The molecule has 0 aliphatic heterocycles. The average molecular weight is 255 g/mol. The molecule has 0 aromatic heterocycles. The minimum atomic E-state index is -0.532. The van der Waals surface area contributed by atoms with Gasteiger partial charge >= 0.3 is 6.09 Å². The predicted molar refractivity (Wildman–Crippen MR) is 71.1 cm³/mol. The predicted octanol–water partition coefficient (Wildman–Crippen LogP) is 2.18. The van der Waals surface area contributed by atoms with E-state index >= 15 is 0 Å². The van der Waals surface area contributed by atoms with Gasteiger partial charge in [0, 0.05) is 6.04 Å². The van der Waals surface area contributed by atoms with E-state index in [4.69, 9.17) is 10.00 Å². The van der Waals surface area contributed by atoms with Crippen molar-refractivity contribution in [2.75, 3.05) is 0 Å². The first-order valence-electron chi connectivity index (χ1n) is 6.34. The number of alkyl carbamates (subject to hydrolysis) is 1. The molecule has 0 aliphatic carbocycles. The Kier molecular flexibility index (Phi) is 6.71. The summed E-state index contributed by atoms with van der Waals surface area (Å²) in [4.78, 5) is 11.6. The van der Waals surface area contributed by atoms with Gasteiger partial charge in [-0.1, -0.05) is 6.92 Å². The van der Waals surface area contributed by atoms with Crippen LogP contribution < -0.4 is 10.6 Å². The van der Waals surface area contributed by atoms with Crippen molar-refractivity contribution in [2.24, 2.45) is 0 Å². The SMILES string of the molecule is CCC(C)NC(C#N)C(C)NC(=O)OC(C)(C)C. The van der Waals surface area contributed by atoms with Crippen LogP contribution in [-0.4, -0.2) is 29.8 Å². The van der Waals surface area contributed by atoms with Crippen molar-refractivity contribution in [3.63, 3.8) is 0 Å². The van der Waals surface area contributed by atoms with Gasteiger partial charge in [-0.2, -0.15) is 5.26 Å². The van der Waals surface area contributed by atoms with Crippen LogP contribution in [-0.2, 0) is 4.74 Å². The zero-order valence-electron chi connectivity index (χ0n) is 12.2. The van der Waals surface area contributed by atoms with E-state index in [0.717, 1.165) is 6.42 Å². The summed E-state index contributed by atoms with van der Waals surface area (Å²) < 4.78 is 5.15. The lowest BCUT2D eigenvalue weighted by molar-refractivity contribution is 0.0502. The molecular formula is C13H25N3O2. The highest BCUT2D eigenvalue weighted by Gasteiger charge is 2.23. The maximum absolute atomic E-state index is 11.6. The number of nitriles is 1. The van der Waals surface area contributed by atoms with Crippen molar-refractivity contribution in [1.82, 2.24) is 10.6 Å². The first-order chi connectivity index (χ1) is 8.19. The molecule has 0 fully saturated rings. The molecule has 2 N–H and O–H groups in total. The first-order valence-corrected chi connectivity index (χ1v) is 6.34. The second-order valence-corrected chi connectivity index (χ2v) is 5.52. The number of carbonyl (C=O) groups excluding carboxylic acids is 1. The minimum absolute atomic E-state index is 0.234. The van der Waals surface area contributed by atoms with Gasteiger partial charge in [0.05, 0.1) is 12.1 Å². The molecular weight excluding hydrogens is 230 g/mol. The molecule has 104 valence electrons. The molecule has 0 aromatic carbocycles. The summed E-state index contributed by atoms with van der Waals surface area (Å²) in [6.07, 6.45) is 0.429. The molecule has 18 heavy (non-hydrogen) atoms. The van der Waals surface area contributed by atoms with Gasteiger partial charge in [-0.15, -0.1) is 0 Å². The maximum atomic E-state index is 11.6. The first kappa shape index (κ1) is 16.7. The summed E-state index contributed by atoms with van der Waals surface area (Å²) in [5, 5.41) is 14.9. The van der Waals surface area contributed by atoms with E-state index in [1.54, 1.807) is 27.7 Å². The van der Waals surface area contributed by atoms with E-state index in [-0.39, 0.29) is 12.1 Å². The lowest BCUT2D eigenvalue weighted by Crippen LogP contribution is -2.50. The number of rotatable bonds is 5. The average Bonchev–Trinajstić information content (AvgIpc) is 2.22.